The van der Waals surface area contributed by atoms with Crippen LogP contribution in [0.1, 0.15) is 11.1 Å². The number of aromatic nitrogens is 1. The maximum absolute atomic E-state index is 6.36. The molecule has 0 saturated carbocycles. The van der Waals surface area contributed by atoms with E-state index >= 15 is 0 Å². The minimum absolute atomic E-state index is 0.702. The van der Waals surface area contributed by atoms with Crippen molar-refractivity contribution in [2.24, 2.45) is 0 Å². The highest BCUT2D eigenvalue weighted by molar-refractivity contribution is 6.12. The number of hydrogen-bond donors (Lipinski definition) is 1. The van der Waals surface area contributed by atoms with Crippen LogP contribution >= 0.6 is 0 Å². The molecule has 49 heavy (non-hydrogen) atoms. The molecular weight excluding hydrogens is 599 g/mol. The average Bonchev–Trinajstić information content (AvgIpc) is 3.71. The molecule has 1 N–H and O–H groups in total. The maximum Gasteiger partial charge on any atom is 0.201 e. The van der Waals surface area contributed by atoms with Gasteiger partial charge in [0.25, 0.3) is 0 Å². The third-order valence-corrected chi connectivity index (χ3v) is 9.82. The first-order valence-corrected chi connectivity index (χ1v) is 16.7. The fourth-order valence-corrected chi connectivity index (χ4v) is 7.51. The van der Waals surface area contributed by atoms with E-state index in [0.717, 1.165) is 50.6 Å². The summed E-state index contributed by atoms with van der Waals surface area (Å²) in [4.78, 5) is 2.34. The van der Waals surface area contributed by atoms with Crippen LogP contribution in [0.2, 0.25) is 0 Å². The van der Waals surface area contributed by atoms with Crippen molar-refractivity contribution < 1.29 is 4.42 Å². The van der Waals surface area contributed by atoms with Crippen LogP contribution in [0, 0.1) is 0 Å². The average molecular weight is 630 g/mol. The van der Waals surface area contributed by atoms with Gasteiger partial charge in [-0.2, -0.15) is 0 Å². The zero-order valence-corrected chi connectivity index (χ0v) is 26.7. The van der Waals surface area contributed by atoms with Crippen LogP contribution in [-0.4, -0.2) is 11.1 Å². The summed E-state index contributed by atoms with van der Waals surface area (Å²) in [7, 11) is 0. The van der Waals surface area contributed by atoms with E-state index in [4.69, 9.17) is 4.42 Å². The number of nitrogens with zero attached hydrogens (tertiary/aromatic N) is 2. The number of fused-ring (bicyclic) bond motifs is 8. The van der Waals surface area contributed by atoms with Crippen LogP contribution in [-0.2, 0) is 0 Å². The fourth-order valence-electron chi connectivity index (χ4n) is 7.51. The number of hydrogen-bond acceptors (Lipinski definition) is 3. The van der Waals surface area contributed by atoms with Crippen LogP contribution in [0.15, 0.2) is 168 Å². The van der Waals surface area contributed by atoms with E-state index in [1.807, 2.05) is 0 Å². The molecule has 0 bridgehead atoms. The van der Waals surface area contributed by atoms with Crippen molar-refractivity contribution in [3.8, 4) is 5.69 Å². The van der Waals surface area contributed by atoms with E-state index < -0.39 is 0 Å². The Hall–Kier alpha value is -6.52. The van der Waals surface area contributed by atoms with Gasteiger partial charge in [0.2, 0.25) is 5.88 Å². The maximum atomic E-state index is 6.36. The van der Waals surface area contributed by atoms with Crippen LogP contribution in [0.25, 0.3) is 60.9 Å². The molecule has 4 nitrogen and oxygen atoms in total. The van der Waals surface area contributed by atoms with Gasteiger partial charge in [-0.25, -0.2) is 0 Å². The van der Waals surface area contributed by atoms with E-state index in [2.05, 4.69) is 185 Å². The largest absolute Gasteiger partial charge is 0.439 e. The quantitative estimate of drug-likeness (QED) is 0.206. The molecule has 0 amide bonds. The molecule has 4 heteroatoms. The topological polar surface area (TPSA) is 33.3 Å². The van der Waals surface area contributed by atoms with Crippen molar-refractivity contribution in [1.29, 1.82) is 0 Å². The molecule has 9 aromatic rings. The molecule has 0 spiro atoms. The number of anilines is 4. The van der Waals surface area contributed by atoms with Gasteiger partial charge in [0, 0.05) is 56.4 Å². The number of benzene rings is 7. The molecule has 0 saturated heterocycles. The Morgan fingerprint density at radius 1 is 0.531 bits per heavy atom. The van der Waals surface area contributed by atoms with Gasteiger partial charge >= 0.3 is 0 Å². The Morgan fingerprint density at radius 2 is 1.18 bits per heavy atom. The SMILES string of the molecule is C1=C(c2ccc(N(c3ccccc3)c3ccc4c5ccccc5n(-c5ccccc5)c4c3)cc2)CNc2oc3c(ccc4ccccc43)c21. The molecule has 0 atom stereocenters. The molecule has 1 aliphatic heterocycles. The van der Waals surface area contributed by atoms with Gasteiger partial charge in [-0.3, -0.25) is 0 Å². The minimum atomic E-state index is 0.702. The summed E-state index contributed by atoms with van der Waals surface area (Å²) < 4.78 is 8.73. The lowest BCUT2D eigenvalue weighted by Gasteiger charge is -2.26. The lowest BCUT2D eigenvalue weighted by Crippen LogP contribution is -2.11. The van der Waals surface area contributed by atoms with E-state index in [1.165, 1.54) is 38.3 Å². The van der Waals surface area contributed by atoms with E-state index in [-0.39, 0.29) is 0 Å². The first-order valence-electron chi connectivity index (χ1n) is 16.7. The molecule has 10 rings (SSSR count). The Labute approximate surface area is 283 Å². The van der Waals surface area contributed by atoms with Crippen LogP contribution in [0.3, 0.4) is 0 Å². The molecule has 232 valence electrons. The van der Waals surface area contributed by atoms with Crippen LogP contribution in [0.5, 0.6) is 0 Å². The van der Waals surface area contributed by atoms with Gasteiger partial charge in [-0.15, -0.1) is 0 Å². The Balaban J connectivity index is 1.08. The highest BCUT2D eigenvalue weighted by Crippen LogP contribution is 2.42. The lowest BCUT2D eigenvalue weighted by molar-refractivity contribution is 0.632. The Kier molecular flexibility index (Phi) is 6.21. The van der Waals surface area contributed by atoms with E-state index in [0.29, 0.717) is 6.54 Å². The van der Waals surface area contributed by atoms with E-state index in [1.54, 1.807) is 0 Å². The van der Waals surface area contributed by atoms with Crippen molar-refractivity contribution in [1.82, 2.24) is 4.57 Å². The second-order valence-electron chi connectivity index (χ2n) is 12.6. The number of para-hydroxylation sites is 3. The van der Waals surface area contributed by atoms with E-state index in [9.17, 15) is 0 Å². The molecule has 1 aliphatic rings. The summed E-state index contributed by atoms with van der Waals surface area (Å²) in [5, 5.41) is 9.50. The number of nitrogens with one attached hydrogen (secondary N) is 1. The van der Waals surface area contributed by atoms with Crippen molar-refractivity contribution in [3.05, 3.63) is 175 Å². The second-order valence-corrected chi connectivity index (χ2v) is 12.6. The molecule has 0 fully saturated rings. The summed E-state index contributed by atoms with van der Waals surface area (Å²) in [6, 6.07) is 58.5. The standard InChI is InChI=1S/C45H31N3O/c1-3-12-33(13-4-1)47(36-24-26-39-38-17-9-10-18-42(38)48(43(39)28-36)34-14-5-2-6-15-34)35-22-19-30(20-23-35)32-27-41-40-25-21-31-11-7-8-16-37(31)44(40)49-45(41)46-29-32/h1-28,46H,29H2. The molecule has 0 unspecified atom stereocenters. The summed E-state index contributed by atoms with van der Waals surface area (Å²) in [6.45, 7) is 0.702. The monoisotopic (exact) mass is 629 g/mol. The second kappa shape index (κ2) is 11.0. The third-order valence-electron chi connectivity index (χ3n) is 9.82. The molecule has 7 aromatic carbocycles. The zero-order chi connectivity index (χ0) is 32.3. The molecule has 0 aliphatic carbocycles. The van der Waals surface area contributed by atoms with Crippen LogP contribution < -0.4 is 10.2 Å². The molecule has 3 heterocycles. The predicted molar refractivity (Wildman–Crippen MR) is 206 cm³/mol. The van der Waals surface area contributed by atoms with Crippen molar-refractivity contribution in [2.75, 3.05) is 16.8 Å². The van der Waals surface area contributed by atoms with Gasteiger partial charge < -0.3 is 19.2 Å². The smallest absolute Gasteiger partial charge is 0.201 e. The van der Waals surface area contributed by atoms with Crippen LogP contribution in [0.4, 0.5) is 22.9 Å². The highest BCUT2D eigenvalue weighted by Gasteiger charge is 2.21. The number of furan rings is 1. The van der Waals surface area contributed by atoms with Gasteiger partial charge in [-0.1, -0.05) is 103 Å². The predicted octanol–water partition coefficient (Wildman–Crippen LogP) is 12.1. The van der Waals surface area contributed by atoms with Gasteiger partial charge in [0.15, 0.2) is 0 Å². The molecule has 0 radical (unpaired) electrons. The summed E-state index contributed by atoms with van der Waals surface area (Å²) >= 11 is 0. The summed E-state index contributed by atoms with van der Waals surface area (Å²) in [6.07, 6.45) is 2.28. The first kappa shape index (κ1) is 27.6. The number of rotatable bonds is 5. The van der Waals surface area contributed by atoms with Gasteiger partial charge in [-0.05, 0) is 83.3 Å². The molecule has 2 aromatic heterocycles. The third kappa shape index (κ3) is 4.45. The Morgan fingerprint density at radius 3 is 2.02 bits per heavy atom. The van der Waals surface area contributed by atoms with Gasteiger partial charge in [0.1, 0.15) is 5.58 Å². The zero-order valence-electron chi connectivity index (χ0n) is 26.7. The summed E-state index contributed by atoms with van der Waals surface area (Å²) in [5.41, 5.74) is 11.3. The minimum Gasteiger partial charge on any atom is -0.439 e. The fraction of sp³-hybridized carbons (Fsp3) is 0.0222. The van der Waals surface area contributed by atoms with Gasteiger partial charge in [0.05, 0.1) is 11.0 Å². The lowest BCUT2D eigenvalue weighted by atomic mass is 9.98. The molecular formula is C45H31N3O. The summed E-state index contributed by atoms with van der Waals surface area (Å²) in [5.74, 6) is 0.838. The first-order chi connectivity index (χ1) is 24.3. The Bertz CT molecular complexity index is 2700. The van der Waals surface area contributed by atoms with Crippen molar-refractivity contribution >= 4 is 78.1 Å². The normalized spacial score (nSPS) is 12.7. The highest BCUT2D eigenvalue weighted by atomic mass is 16.4. The van der Waals surface area contributed by atoms with Crippen molar-refractivity contribution in [2.45, 2.75) is 0 Å². The van der Waals surface area contributed by atoms with Crippen molar-refractivity contribution in [3.63, 3.8) is 0 Å².